The Labute approximate surface area is 101 Å². The van der Waals surface area contributed by atoms with Crippen molar-refractivity contribution in [3.63, 3.8) is 0 Å². The van der Waals surface area contributed by atoms with E-state index >= 15 is 0 Å². The van der Waals surface area contributed by atoms with E-state index in [1.807, 2.05) is 33.0 Å². The fourth-order valence-electron chi connectivity index (χ4n) is 2.14. The van der Waals surface area contributed by atoms with Crippen molar-refractivity contribution in [3.05, 3.63) is 51.8 Å². The predicted molar refractivity (Wildman–Crippen MR) is 73.4 cm³/mol. The number of hydrogen-bond donors (Lipinski definition) is 0. The van der Waals surface area contributed by atoms with E-state index < -0.39 is 0 Å². The van der Waals surface area contributed by atoms with E-state index in [-0.39, 0.29) is 5.56 Å². The second-order valence-corrected chi connectivity index (χ2v) is 4.70. The molecule has 0 radical (unpaired) electrons. The number of aryl methyl sites for hydroxylation is 3. The molecule has 0 saturated heterocycles. The molecular formula is C15H17NO. The zero-order valence-electron chi connectivity index (χ0n) is 10.8. The zero-order chi connectivity index (χ0) is 12.7. The van der Waals surface area contributed by atoms with Crippen LogP contribution in [0.3, 0.4) is 0 Å². The van der Waals surface area contributed by atoms with Crippen molar-refractivity contribution < 1.29 is 0 Å². The molecule has 2 heteroatoms. The summed E-state index contributed by atoms with van der Waals surface area (Å²) in [5.41, 5.74) is 5.11. The van der Waals surface area contributed by atoms with Crippen molar-refractivity contribution in [1.82, 2.24) is 4.57 Å². The van der Waals surface area contributed by atoms with Crippen LogP contribution in [0.1, 0.15) is 23.6 Å². The molecule has 0 N–H and O–H groups in total. The summed E-state index contributed by atoms with van der Waals surface area (Å²) in [6, 6.07) is 6.12. The molecule has 0 fully saturated rings. The fourth-order valence-corrected chi connectivity index (χ4v) is 2.14. The SMILES string of the molecule is C=C(C)c1cc(C)c2cc(C)c(=O)n(C)c2c1. The van der Waals surface area contributed by atoms with Gasteiger partial charge in [0, 0.05) is 18.0 Å². The van der Waals surface area contributed by atoms with Gasteiger partial charge in [0.2, 0.25) is 0 Å². The van der Waals surface area contributed by atoms with E-state index in [4.69, 9.17) is 0 Å². The minimum atomic E-state index is 0.0655. The van der Waals surface area contributed by atoms with Crippen LogP contribution in [0.2, 0.25) is 0 Å². The number of rotatable bonds is 1. The van der Waals surface area contributed by atoms with Crippen LogP contribution in [0.15, 0.2) is 29.6 Å². The first-order chi connectivity index (χ1) is 7.91. The second kappa shape index (κ2) is 3.88. The first kappa shape index (κ1) is 11.6. The van der Waals surface area contributed by atoms with Crippen molar-refractivity contribution in [3.8, 4) is 0 Å². The van der Waals surface area contributed by atoms with Gasteiger partial charge in [0.05, 0.1) is 5.52 Å². The molecule has 0 saturated carbocycles. The lowest BCUT2D eigenvalue weighted by Crippen LogP contribution is -2.19. The Morgan fingerprint density at radius 2 is 1.82 bits per heavy atom. The first-order valence-corrected chi connectivity index (χ1v) is 5.68. The molecular weight excluding hydrogens is 210 g/mol. The summed E-state index contributed by atoms with van der Waals surface area (Å²) < 4.78 is 1.71. The standard InChI is InChI=1S/C15H17NO/c1-9(2)12-6-10(3)13-7-11(4)15(17)16(5)14(13)8-12/h6-8H,1H2,2-5H3. The maximum absolute atomic E-state index is 11.9. The van der Waals surface area contributed by atoms with Gasteiger partial charge in [-0.2, -0.15) is 0 Å². The van der Waals surface area contributed by atoms with Gasteiger partial charge in [0.25, 0.3) is 5.56 Å². The number of nitrogens with zero attached hydrogens (tertiary/aromatic N) is 1. The van der Waals surface area contributed by atoms with Crippen molar-refractivity contribution in [2.24, 2.45) is 7.05 Å². The predicted octanol–water partition coefficient (Wildman–Crippen LogP) is 3.19. The highest BCUT2D eigenvalue weighted by Crippen LogP contribution is 2.23. The Morgan fingerprint density at radius 1 is 1.18 bits per heavy atom. The zero-order valence-corrected chi connectivity index (χ0v) is 10.8. The van der Waals surface area contributed by atoms with Gasteiger partial charge in [-0.3, -0.25) is 4.79 Å². The number of pyridine rings is 1. The average molecular weight is 227 g/mol. The summed E-state index contributed by atoms with van der Waals surface area (Å²) in [4.78, 5) is 11.9. The van der Waals surface area contributed by atoms with Crippen LogP contribution in [0, 0.1) is 13.8 Å². The van der Waals surface area contributed by atoms with Gasteiger partial charge in [-0.1, -0.05) is 18.2 Å². The maximum Gasteiger partial charge on any atom is 0.253 e. The number of benzene rings is 1. The summed E-state index contributed by atoms with van der Waals surface area (Å²) in [7, 11) is 1.82. The molecule has 0 amide bonds. The minimum Gasteiger partial charge on any atom is -0.311 e. The molecule has 88 valence electrons. The summed E-state index contributed by atoms with van der Waals surface area (Å²) in [6.45, 7) is 9.86. The smallest absolute Gasteiger partial charge is 0.253 e. The van der Waals surface area contributed by atoms with E-state index in [0.29, 0.717) is 0 Å². The lowest BCUT2D eigenvalue weighted by atomic mass is 10.0. The van der Waals surface area contributed by atoms with Crippen LogP contribution in [-0.4, -0.2) is 4.57 Å². The van der Waals surface area contributed by atoms with Crippen molar-refractivity contribution in [1.29, 1.82) is 0 Å². The molecule has 0 aliphatic heterocycles. The quantitative estimate of drug-likeness (QED) is 0.733. The molecule has 0 aliphatic rings. The summed E-state index contributed by atoms with van der Waals surface area (Å²) in [5, 5.41) is 1.13. The normalized spacial score (nSPS) is 10.8. The Hall–Kier alpha value is -1.83. The lowest BCUT2D eigenvalue weighted by Gasteiger charge is -2.11. The van der Waals surface area contributed by atoms with E-state index in [1.165, 1.54) is 5.56 Å². The van der Waals surface area contributed by atoms with Crippen LogP contribution < -0.4 is 5.56 Å². The third kappa shape index (κ3) is 1.80. The Kier molecular flexibility index (Phi) is 2.66. The number of fused-ring (bicyclic) bond motifs is 1. The van der Waals surface area contributed by atoms with Crippen LogP contribution in [0.5, 0.6) is 0 Å². The minimum absolute atomic E-state index is 0.0655. The Balaban J connectivity index is 2.98. The van der Waals surface area contributed by atoms with Crippen molar-refractivity contribution in [2.45, 2.75) is 20.8 Å². The van der Waals surface area contributed by atoms with Gasteiger partial charge < -0.3 is 4.57 Å². The van der Waals surface area contributed by atoms with Gasteiger partial charge >= 0.3 is 0 Å². The van der Waals surface area contributed by atoms with Gasteiger partial charge in [-0.05, 0) is 44.0 Å². The highest BCUT2D eigenvalue weighted by atomic mass is 16.1. The molecule has 17 heavy (non-hydrogen) atoms. The lowest BCUT2D eigenvalue weighted by molar-refractivity contribution is 0.892. The van der Waals surface area contributed by atoms with E-state index in [9.17, 15) is 4.79 Å². The van der Waals surface area contributed by atoms with Crippen LogP contribution in [-0.2, 0) is 7.05 Å². The third-order valence-corrected chi connectivity index (χ3v) is 3.22. The maximum atomic E-state index is 11.9. The van der Waals surface area contributed by atoms with Crippen LogP contribution in [0.25, 0.3) is 16.5 Å². The summed E-state index contributed by atoms with van der Waals surface area (Å²) in [5.74, 6) is 0. The third-order valence-electron chi connectivity index (χ3n) is 3.22. The van der Waals surface area contributed by atoms with Crippen LogP contribution >= 0.6 is 0 Å². The molecule has 1 heterocycles. The molecule has 2 rings (SSSR count). The molecule has 2 aromatic rings. The molecule has 0 bridgehead atoms. The van der Waals surface area contributed by atoms with Gasteiger partial charge in [-0.15, -0.1) is 0 Å². The number of aromatic nitrogens is 1. The molecule has 1 aromatic carbocycles. The topological polar surface area (TPSA) is 22.0 Å². The highest BCUT2D eigenvalue weighted by molar-refractivity contribution is 5.86. The number of allylic oxidation sites excluding steroid dienone is 1. The van der Waals surface area contributed by atoms with Gasteiger partial charge in [0.1, 0.15) is 0 Å². The van der Waals surface area contributed by atoms with E-state index in [2.05, 4.69) is 19.6 Å². The summed E-state index contributed by atoms with van der Waals surface area (Å²) in [6.07, 6.45) is 0. The highest BCUT2D eigenvalue weighted by Gasteiger charge is 2.07. The largest absolute Gasteiger partial charge is 0.311 e. The molecule has 0 spiro atoms. The van der Waals surface area contributed by atoms with Gasteiger partial charge in [-0.25, -0.2) is 0 Å². The van der Waals surface area contributed by atoms with Gasteiger partial charge in [0.15, 0.2) is 0 Å². The fraction of sp³-hybridized carbons (Fsp3) is 0.267. The Morgan fingerprint density at radius 3 is 2.41 bits per heavy atom. The van der Waals surface area contributed by atoms with E-state index in [0.717, 1.165) is 27.6 Å². The Bertz CT molecular complexity index is 677. The second-order valence-electron chi connectivity index (χ2n) is 4.70. The van der Waals surface area contributed by atoms with Crippen molar-refractivity contribution >= 4 is 16.5 Å². The molecule has 0 atom stereocenters. The molecule has 0 aliphatic carbocycles. The molecule has 1 aromatic heterocycles. The van der Waals surface area contributed by atoms with Crippen molar-refractivity contribution in [2.75, 3.05) is 0 Å². The number of hydrogen-bond acceptors (Lipinski definition) is 1. The average Bonchev–Trinajstić information content (AvgIpc) is 2.27. The van der Waals surface area contributed by atoms with E-state index in [1.54, 1.807) is 4.57 Å². The monoisotopic (exact) mass is 227 g/mol. The van der Waals surface area contributed by atoms with Crippen LogP contribution in [0.4, 0.5) is 0 Å². The summed E-state index contributed by atoms with van der Waals surface area (Å²) >= 11 is 0. The molecule has 2 nitrogen and oxygen atoms in total. The first-order valence-electron chi connectivity index (χ1n) is 5.68. The molecule has 0 unspecified atom stereocenters.